The van der Waals surface area contributed by atoms with Crippen LogP contribution in [0.2, 0.25) is 0 Å². The van der Waals surface area contributed by atoms with E-state index in [1.165, 1.54) is 0 Å². The Labute approximate surface area is 127 Å². The normalized spacial score (nSPS) is 11.7. The van der Waals surface area contributed by atoms with Crippen molar-refractivity contribution >= 4 is 40.8 Å². The lowest BCUT2D eigenvalue weighted by atomic mass is 10.1. The molecular weight excluding hydrogens is 301 g/mol. The molecule has 1 aromatic carbocycles. The van der Waals surface area contributed by atoms with E-state index in [4.69, 9.17) is 23.2 Å². The van der Waals surface area contributed by atoms with Gasteiger partial charge in [0.2, 0.25) is 0 Å². The van der Waals surface area contributed by atoms with E-state index in [9.17, 15) is 9.59 Å². The Hall–Kier alpha value is -1.52. The molecule has 0 aliphatic rings. The molecule has 1 N–H and O–H groups in total. The number of benzene rings is 1. The second kappa shape index (κ2) is 7.31. The third kappa shape index (κ3) is 4.25. The van der Waals surface area contributed by atoms with Gasteiger partial charge in [0.1, 0.15) is 10.1 Å². The number of halogens is 2. The van der Waals surface area contributed by atoms with Crippen LogP contribution in [-0.2, 0) is 14.3 Å². The van der Waals surface area contributed by atoms with Gasteiger partial charge in [0, 0.05) is 5.69 Å². The summed E-state index contributed by atoms with van der Waals surface area (Å²) in [4.78, 5) is 23.3. The summed E-state index contributed by atoms with van der Waals surface area (Å²) in [7, 11) is 0. The van der Waals surface area contributed by atoms with Crippen LogP contribution in [0.3, 0.4) is 0 Å². The molecule has 0 radical (unpaired) electrons. The molecule has 0 aliphatic heterocycles. The molecule has 0 unspecified atom stereocenters. The maximum Gasteiger partial charge on any atom is 0.351 e. The zero-order chi connectivity index (χ0) is 15.3. The molecule has 0 aromatic heterocycles. The van der Waals surface area contributed by atoms with E-state index in [-0.39, 0.29) is 6.61 Å². The summed E-state index contributed by atoms with van der Waals surface area (Å²) in [5, 5.41) is 1.78. The van der Waals surface area contributed by atoms with Crippen LogP contribution in [-0.4, -0.2) is 18.5 Å². The Kier molecular flexibility index (Phi) is 6.05. The first-order chi connectivity index (χ1) is 9.36. The van der Waals surface area contributed by atoms with Crippen molar-refractivity contribution in [2.75, 3.05) is 11.9 Å². The summed E-state index contributed by atoms with van der Waals surface area (Å²) >= 11 is 11.5. The van der Waals surface area contributed by atoms with Gasteiger partial charge in [-0.15, -0.1) is 0 Å². The van der Waals surface area contributed by atoms with Crippen molar-refractivity contribution in [2.24, 2.45) is 0 Å². The highest BCUT2D eigenvalue weighted by Gasteiger charge is 2.19. The number of carbonyl (C=O) groups excluding carboxylic acids is 2. The van der Waals surface area contributed by atoms with E-state index in [1.54, 1.807) is 13.0 Å². The molecule has 0 spiro atoms. The molecule has 0 bridgehead atoms. The minimum atomic E-state index is -0.824. The Morgan fingerprint density at radius 1 is 1.20 bits per heavy atom. The van der Waals surface area contributed by atoms with Gasteiger partial charge < -0.3 is 10.1 Å². The zero-order valence-corrected chi connectivity index (χ0v) is 12.9. The van der Waals surface area contributed by atoms with E-state index >= 15 is 0 Å². The maximum atomic E-state index is 11.9. The predicted octanol–water partition coefficient (Wildman–Crippen LogP) is 3.49. The van der Waals surface area contributed by atoms with Crippen molar-refractivity contribution in [1.29, 1.82) is 0 Å². The van der Waals surface area contributed by atoms with Crippen LogP contribution in [0, 0.1) is 13.8 Å². The van der Waals surface area contributed by atoms with Crippen LogP contribution in [0.4, 0.5) is 5.69 Å². The second-order valence-electron chi connectivity index (χ2n) is 4.12. The Morgan fingerprint density at radius 2 is 1.85 bits per heavy atom. The van der Waals surface area contributed by atoms with Gasteiger partial charge in [0.15, 0.2) is 0 Å². The Balaban J connectivity index is 2.93. The van der Waals surface area contributed by atoms with E-state index in [2.05, 4.69) is 10.1 Å². The number of hydrogen-bond donors (Lipinski definition) is 1. The number of rotatable bonds is 4. The van der Waals surface area contributed by atoms with Crippen LogP contribution in [0.15, 0.2) is 28.3 Å². The number of aryl methyl sites for hydroxylation is 2. The minimum Gasteiger partial charge on any atom is -0.462 e. The van der Waals surface area contributed by atoms with Crippen molar-refractivity contribution in [3.05, 3.63) is 39.4 Å². The van der Waals surface area contributed by atoms with Crippen LogP contribution in [0.25, 0.3) is 0 Å². The highest BCUT2D eigenvalue weighted by molar-refractivity contribution is 6.54. The van der Waals surface area contributed by atoms with Gasteiger partial charge in [-0.3, -0.25) is 4.79 Å². The van der Waals surface area contributed by atoms with E-state index in [0.29, 0.717) is 5.69 Å². The number of ether oxygens (including phenoxy) is 1. The average molecular weight is 316 g/mol. The maximum absolute atomic E-state index is 11.9. The molecule has 0 fully saturated rings. The topological polar surface area (TPSA) is 55.4 Å². The lowest BCUT2D eigenvalue weighted by Crippen LogP contribution is -2.16. The highest BCUT2D eigenvalue weighted by Crippen LogP contribution is 2.21. The fourth-order valence-corrected chi connectivity index (χ4v) is 1.70. The standard InChI is InChI=1S/C14H15Cl2NO3/c1-4-20-14(19)12(16)11(15)13(18)17-10-7-8(2)5-6-9(10)3/h5-7H,4H2,1-3H3,(H,17,18)/b12-11+. The van der Waals surface area contributed by atoms with Gasteiger partial charge in [0.25, 0.3) is 5.91 Å². The zero-order valence-electron chi connectivity index (χ0n) is 11.4. The van der Waals surface area contributed by atoms with E-state index < -0.39 is 21.9 Å². The molecule has 0 aliphatic carbocycles. The molecule has 0 saturated carbocycles. The molecule has 1 aromatic rings. The first-order valence-corrected chi connectivity index (χ1v) is 6.73. The van der Waals surface area contributed by atoms with Crippen molar-refractivity contribution in [3.8, 4) is 0 Å². The molecule has 0 heterocycles. The summed E-state index contributed by atoms with van der Waals surface area (Å²) in [6.07, 6.45) is 0. The van der Waals surface area contributed by atoms with Crippen LogP contribution in [0.5, 0.6) is 0 Å². The molecule has 1 rings (SSSR count). The van der Waals surface area contributed by atoms with Crippen molar-refractivity contribution in [3.63, 3.8) is 0 Å². The van der Waals surface area contributed by atoms with Crippen LogP contribution < -0.4 is 5.32 Å². The fraction of sp³-hybridized carbons (Fsp3) is 0.286. The minimum absolute atomic E-state index is 0.151. The van der Waals surface area contributed by atoms with Crippen LogP contribution in [0.1, 0.15) is 18.1 Å². The van der Waals surface area contributed by atoms with Gasteiger partial charge in [-0.2, -0.15) is 0 Å². The molecule has 1 amide bonds. The highest BCUT2D eigenvalue weighted by atomic mass is 35.5. The molecular formula is C14H15Cl2NO3. The first kappa shape index (κ1) is 16.5. The Morgan fingerprint density at radius 3 is 2.45 bits per heavy atom. The monoisotopic (exact) mass is 315 g/mol. The molecule has 6 heteroatoms. The van der Waals surface area contributed by atoms with Crippen molar-refractivity contribution in [2.45, 2.75) is 20.8 Å². The summed E-state index contributed by atoms with van der Waals surface area (Å²) in [6.45, 7) is 5.53. The predicted molar refractivity (Wildman–Crippen MR) is 79.9 cm³/mol. The third-order valence-electron chi connectivity index (χ3n) is 2.49. The summed E-state index contributed by atoms with van der Waals surface area (Å²) < 4.78 is 4.67. The largest absolute Gasteiger partial charge is 0.462 e. The van der Waals surface area contributed by atoms with Crippen LogP contribution >= 0.6 is 23.2 Å². The number of amides is 1. The van der Waals surface area contributed by atoms with Crippen molar-refractivity contribution in [1.82, 2.24) is 0 Å². The molecule has 0 atom stereocenters. The van der Waals surface area contributed by atoms with Gasteiger partial charge >= 0.3 is 5.97 Å². The number of carbonyl (C=O) groups is 2. The van der Waals surface area contributed by atoms with E-state index in [0.717, 1.165) is 11.1 Å². The Bertz CT molecular complexity index is 568. The quantitative estimate of drug-likeness (QED) is 0.683. The lowest BCUT2D eigenvalue weighted by molar-refractivity contribution is -0.137. The van der Waals surface area contributed by atoms with E-state index in [1.807, 2.05) is 26.0 Å². The molecule has 4 nitrogen and oxygen atoms in total. The SMILES string of the molecule is CCOC(=O)/C(Cl)=C(\Cl)C(=O)Nc1cc(C)ccc1C. The average Bonchev–Trinajstić information content (AvgIpc) is 2.41. The van der Waals surface area contributed by atoms with Gasteiger partial charge in [-0.25, -0.2) is 4.79 Å². The molecule has 108 valence electrons. The summed E-state index contributed by atoms with van der Waals surface area (Å²) in [5.74, 6) is -1.48. The number of anilines is 1. The molecule has 20 heavy (non-hydrogen) atoms. The first-order valence-electron chi connectivity index (χ1n) is 5.97. The number of nitrogens with one attached hydrogen (secondary N) is 1. The number of esters is 1. The smallest absolute Gasteiger partial charge is 0.351 e. The summed E-state index contributed by atoms with van der Waals surface area (Å²) in [5.41, 5.74) is 2.48. The third-order valence-corrected chi connectivity index (χ3v) is 3.29. The van der Waals surface area contributed by atoms with Gasteiger partial charge in [-0.05, 0) is 38.0 Å². The number of hydrogen-bond acceptors (Lipinski definition) is 3. The van der Waals surface area contributed by atoms with Crippen molar-refractivity contribution < 1.29 is 14.3 Å². The van der Waals surface area contributed by atoms with Gasteiger partial charge in [-0.1, -0.05) is 35.3 Å². The van der Waals surface area contributed by atoms with Gasteiger partial charge in [0.05, 0.1) is 6.61 Å². The molecule has 0 saturated heterocycles. The summed E-state index contributed by atoms with van der Waals surface area (Å²) in [6, 6.07) is 5.60. The fourth-order valence-electron chi connectivity index (χ4n) is 1.43. The second-order valence-corrected chi connectivity index (χ2v) is 4.88. The lowest BCUT2D eigenvalue weighted by Gasteiger charge is -2.09.